The van der Waals surface area contributed by atoms with Gasteiger partial charge in [0.15, 0.2) is 0 Å². The number of aryl methyl sites for hydroxylation is 2. The molecule has 0 spiro atoms. The Bertz CT molecular complexity index is 1040. The standard InChI is InChI=1S/C22H22ClN3O4/c1-14-6-5-7-15(2)20(14)30-22(27)26(19-10-11-24-21(23)25-19)13-16-12-17(28-3)8-9-18(16)29-4/h5-12H,13H2,1-4H3. The number of rotatable bonds is 6. The summed E-state index contributed by atoms with van der Waals surface area (Å²) in [5.74, 6) is 2.04. The van der Waals surface area contributed by atoms with E-state index >= 15 is 0 Å². The van der Waals surface area contributed by atoms with E-state index in [1.165, 1.54) is 11.1 Å². The summed E-state index contributed by atoms with van der Waals surface area (Å²) in [6.45, 7) is 3.89. The predicted molar refractivity (Wildman–Crippen MR) is 115 cm³/mol. The lowest BCUT2D eigenvalue weighted by molar-refractivity contribution is 0.206. The maximum Gasteiger partial charge on any atom is 0.421 e. The molecule has 3 aromatic rings. The van der Waals surface area contributed by atoms with Gasteiger partial charge in [0.25, 0.3) is 0 Å². The number of halogens is 1. The van der Waals surface area contributed by atoms with Crippen molar-refractivity contribution in [2.45, 2.75) is 20.4 Å². The Morgan fingerprint density at radius 3 is 2.43 bits per heavy atom. The van der Waals surface area contributed by atoms with Crippen LogP contribution in [0.1, 0.15) is 16.7 Å². The smallest absolute Gasteiger partial charge is 0.421 e. The largest absolute Gasteiger partial charge is 0.497 e. The van der Waals surface area contributed by atoms with Crippen LogP contribution in [0.25, 0.3) is 0 Å². The molecule has 0 saturated carbocycles. The average molecular weight is 428 g/mol. The molecule has 1 heterocycles. The first-order valence-corrected chi connectivity index (χ1v) is 9.55. The Labute approximate surface area is 180 Å². The van der Waals surface area contributed by atoms with Crippen LogP contribution in [0.2, 0.25) is 5.28 Å². The van der Waals surface area contributed by atoms with Crippen molar-refractivity contribution in [2.24, 2.45) is 0 Å². The number of methoxy groups -OCH3 is 2. The fourth-order valence-corrected chi connectivity index (χ4v) is 3.14. The van der Waals surface area contributed by atoms with Gasteiger partial charge < -0.3 is 14.2 Å². The molecule has 0 radical (unpaired) electrons. The van der Waals surface area contributed by atoms with Gasteiger partial charge in [0.05, 0.1) is 20.8 Å². The summed E-state index contributed by atoms with van der Waals surface area (Å²) in [4.78, 5) is 22.7. The first kappa shape index (κ1) is 21.4. The summed E-state index contributed by atoms with van der Waals surface area (Å²) >= 11 is 5.97. The van der Waals surface area contributed by atoms with E-state index in [1.54, 1.807) is 38.5 Å². The summed E-state index contributed by atoms with van der Waals surface area (Å²) in [6.07, 6.45) is 0.874. The monoisotopic (exact) mass is 427 g/mol. The Morgan fingerprint density at radius 2 is 1.80 bits per heavy atom. The zero-order valence-corrected chi connectivity index (χ0v) is 17.9. The molecule has 0 bridgehead atoms. The van der Waals surface area contributed by atoms with Gasteiger partial charge in [-0.2, -0.15) is 0 Å². The molecule has 7 nitrogen and oxygen atoms in total. The molecule has 0 atom stereocenters. The summed E-state index contributed by atoms with van der Waals surface area (Å²) in [7, 11) is 3.13. The molecule has 0 fully saturated rings. The molecule has 0 unspecified atom stereocenters. The molecule has 0 saturated heterocycles. The molecule has 3 rings (SSSR count). The minimum atomic E-state index is -0.605. The van der Waals surface area contributed by atoms with Crippen LogP contribution in [0.15, 0.2) is 48.7 Å². The highest BCUT2D eigenvalue weighted by molar-refractivity contribution is 6.28. The Balaban J connectivity index is 2.00. The van der Waals surface area contributed by atoms with Crippen LogP contribution in [-0.4, -0.2) is 30.3 Å². The van der Waals surface area contributed by atoms with E-state index in [0.717, 1.165) is 11.1 Å². The highest BCUT2D eigenvalue weighted by Gasteiger charge is 2.23. The van der Waals surface area contributed by atoms with E-state index in [1.807, 2.05) is 32.0 Å². The van der Waals surface area contributed by atoms with Crippen LogP contribution in [0.5, 0.6) is 17.2 Å². The quantitative estimate of drug-likeness (QED) is 0.517. The number of hydrogen-bond donors (Lipinski definition) is 0. The van der Waals surface area contributed by atoms with Crippen LogP contribution >= 0.6 is 11.6 Å². The number of benzene rings is 2. The second-order valence-corrected chi connectivity index (χ2v) is 6.87. The molecule has 156 valence electrons. The lowest BCUT2D eigenvalue weighted by atomic mass is 10.1. The summed E-state index contributed by atoms with van der Waals surface area (Å²) in [5.41, 5.74) is 2.41. The maximum absolute atomic E-state index is 13.2. The normalized spacial score (nSPS) is 10.4. The van der Waals surface area contributed by atoms with E-state index in [4.69, 9.17) is 25.8 Å². The van der Waals surface area contributed by atoms with E-state index in [2.05, 4.69) is 9.97 Å². The van der Waals surface area contributed by atoms with Crippen molar-refractivity contribution in [1.29, 1.82) is 0 Å². The Hall–Kier alpha value is -3.32. The van der Waals surface area contributed by atoms with E-state index in [9.17, 15) is 4.79 Å². The first-order valence-electron chi connectivity index (χ1n) is 9.18. The lowest BCUT2D eigenvalue weighted by Gasteiger charge is -2.23. The van der Waals surface area contributed by atoms with Crippen molar-refractivity contribution in [3.05, 3.63) is 70.6 Å². The number of amides is 1. The summed E-state index contributed by atoms with van der Waals surface area (Å²) in [6, 6.07) is 12.6. The summed E-state index contributed by atoms with van der Waals surface area (Å²) < 4.78 is 16.5. The maximum atomic E-state index is 13.2. The summed E-state index contributed by atoms with van der Waals surface area (Å²) in [5, 5.41) is 0.0231. The van der Waals surface area contributed by atoms with Crippen molar-refractivity contribution in [3.63, 3.8) is 0 Å². The number of aromatic nitrogens is 2. The van der Waals surface area contributed by atoms with Crippen molar-refractivity contribution in [2.75, 3.05) is 19.1 Å². The van der Waals surface area contributed by atoms with Gasteiger partial charge in [-0.15, -0.1) is 0 Å². The van der Waals surface area contributed by atoms with Gasteiger partial charge in [0.2, 0.25) is 5.28 Å². The average Bonchev–Trinajstić information content (AvgIpc) is 2.74. The number of hydrogen-bond acceptors (Lipinski definition) is 6. The molecule has 0 aliphatic carbocycles. The minimum Gasteiger partial charge on any atom is -0.497 e. The third-order valence-corrected chi connectivity index (χ3v) is 4.70. The first-order chi connectivity index (χ1) is 14.4. The highest BCUT2D eigenvalue weighted by atomic mass is 35.5. The van der Waals surface area contributed by atoms with Crippen LogP contribution in [0, 0.1) is 13.8 Å². The van der Waals surface area contributed by atoms with Gasteiger partial charge >= 0.3 is 6.09 Å². The Morgan fingerprint density at radius 1 is 1.07 bits per heavy atom. The lowest BCUT2D eigenvalue weighted by Crippen LogP contribution is -2.34. The van der Waals surface area contributed by atoms with Crippen molar-refractivity contribution in [3.8, 4) is 17.2 Å². The van der Waals surface area contributed by atoms with E-state index < -0.39 is 6.09 Å². The van der Waals surface area contributed by atoms with Gasteiger partial charge in [-0.1, -0.05) is 18.2 Å². The molecular weight excluding hydrogens is 406 g/mol. The number of anilines is 1. The fourth-order valence-electron chi connectivity index (χ4n) is 2.99. The molecule has 2 aromatic carbocycles. The molecule has 1 amide bonds. The second-order valence-electron chi connectivity index (χ2n) is 6.54. The van der Waals surface area contributed by atoms with Crippen LogP contribution in [-0.2, 0) is 6.54 Å². The molecular formula is C22H22ClN3O4. The topological polar surface area (TPSA) is 73.8 Å². The molecule has 8 heteroatoms. The van der Waals surface area contributed by atoms with Crippen molar-refractivity contribution in [1.82, 2.24) is 9.97 Å². The van der Waals surface area contributed by atoms with Crippen LogP contribution in [0.3, 0.4) is 0 Å². The SMILES string of the molecule is COc1ccc(OC)c(CN(C(=O)Oc2c(C)cccc2C)c2ccnc(Cl)n2)c1. The number of nitrogens with zero attached hydrogens (tertiary/aromatic N) is 3. The van der Waals surface area contributed by atoms with Gasteiger partial charge in [-0.25, -0.2) is 14.8 Å². The van der Waals surface area contributed by atoms with Crippen LogP contribution < -0.4 is 19.1 Å². The zero-order chi connectivity index (χ0) is 21.7. The molecule has 30 heavy (non-hydrogen) atoms. The van der Waals surface area contributed by atoms with E-state index in [0.29, 0.717) is 28.6 Å². The highest BCUT2D eigenvalue weighted by Crippen LogP contribution is 2.29. The Kier molecular flexibility index (Phi) is 6.74. The van der Waals surface area contributed by atoms with Crippen LogP contribution in [0.4, 0.5) is 10.6 Å². The van der Waals surface area contributed by atoms with Crippen molar-refractivity contribution < 1.29 is 19.0 Å². The van der Waals surface area contributed by atoms with Crippen molar-refractivity contribution >= 4 is 23.5 Å². The minimum absolute atomic E-state index is 0.0231. The molecule has 0 aliphatic heterocycles. The van der Waals surface area contributed by atoms with Gasteiger partial charge in [0.1, 0.15) is 23.1 Å². The van der Waals surface area contributed by atoms with Gasteiger partial charge in [0, 0.05) is 11.8 Å². The third kappa shape index (κ3) is 4.80. The van der Waals surface area contributed by atoms with Gasteiger partial charge in [-0.3, -0.25) is 4.90 Å². The fraction of sp³-hybridized carbons (Fsp3) is 0.227. The molecule has 0 N–H and O–H groups in total. The number of para-hydroxylation sites is 1. The number of ether oxygens (including phenoxy) is 3. The number of carbonyl (C=O) groups is 1. The molecule has 1 aromatic heterocycles. The third-order valence-electron chi connectivity index (χ3n) is 4.52. The predicted octanol–water partition coefficient (Wildman–Crippen LogP) is 4.97. The zero-order valence-electron chi connectivity index (χ0n) is 17.2. The van der Waals surface area contributed by atoms with E-state index in [-0.39, 0.29) is 11.8 Å². The molecule has 0 aliphatic rings. The number of carbonyl (C=O) groups excluding carboxylic acids is 1. The van der Waals surface area contributed by atoms with Gasteiger partial charge in [-0.05, 0) is 60.8 Å². The second kappa shape index (κ2) is 9.45.